The monoisotopic (exact) mass is 355 g/mol. The van der Waals surface area contributed by atoms with Gasteiger partial charge in [0, 0.05) is 13.1 Å². The minimum atomic E-state index is -0.642. The van der Waals surface area contributed by atoms with Crippen LogP contribution in [0.5, 0.6) is 0 Å². The summed E-state index contributed by atoms with van der Waals surface area (Å²) >= 11 is 1.46. The van der Waals surface area contributed by atoms with Crippen LogP contribution in [0, 0.1) is 6.92 Å². The molecule has 1 fully saturated rings. The maximum absolute atomic E-state index is 13.2. The van der Waals surface area contributed by atoms with Gasteiger partial charge in [0.05, 0.1) is 16.6 Å². The Hall–Kier alpha value is -2.47. The lowest BCUT2D eigenvalue weighted by Crippen LogP contribution is -2.50. The summed E-state index contributed by atoms with van der Waals surface area (Å²) in [6.45, 7) is 6.53. The molecule has 1 aromatic heterocycles. The van der Waals surface area contributed by atoms with Crippen LogP contribution in [0.3, 0.4) is 0 Å². The first kappa shape index (κ1) is 17.4. The number of aromatic nitrogens is 1. The van der Waals surface area contributed by atoms with Crippen molar-refractivity contribution in [2.75, 3.05) is 18.4 Å². The van der Waals surface area contributed by atoms with E-state index in [0.717, 1.165) is 15.6 Å². The van der Waals surface area contributed by atoms with Gasteiger partial charge in [0.1, 0.15) is 5.00 Å². The molecule has 0 radical (unpaired) electrons. The number of carbonyl (C=O) groups excluding carboxylic acids is 2. The summed E-state index contributed by atoms with van der Waals surface area (Å²) in [5.41, 5.74) is 0.344. The quantitative estimate of drug-likeness (QED) is 0.857. The fourth-order valence-corrected chi connectivity index (χ4v) is 3.97. The van der Waals surface area contributed by atoms with E-state index >= 15 is 0 Å². The zero-order valence-corrected chi connectivity index (χ0v) is 15.0. The molecular weight excluding hydrogens is 334 g/mol. The molecule has 0 atom stereocenters. The number of anilines is 1. The molecule has 0 bridgehead atoms. The molecule has 2 heterocycles. The normalized spacial score (nSPS) is 16.3. The van der Waals surface area contributed by atoms with Crippen LogP contribution in [0.4, 0.5) is 5.00 Å². The molecule has 2 amide bonds. The lowest BCUT2D eigenvalue weighted by Gasteiger charge is -2.40. The predicted octanol–water partition coefficient (Wildman–Crippen LogP) is 3.14. The Kier molecular flexibility index (Phi) is 4.99. The van der Waals surface area contributed by atoms with Gasteiger partial charge in [-0.2, -0.15) is 0 Å². The number of piperidine rings is 1. The van der Waals surface area contributed by atoms with Crippen LogP contribution in [0.2, 0.25) is 0 Å². The maximum atomic E-state index is 13.2. The number of rotatable bonds is 4. The number of carbonyl (C=O) groups is 2. The first-order chi connectivity index (χ1) is 12.0. The van der Waals surface area contributed by atoms with Crippen LogP contribution in [-0.4, -0.2) is 34.8 Å². The second kappa shape index (κ2) is 7.19. The molecule has 5 nitrogen and oxygen atoms in total. The van der Waals surface area contributed by atoms with Crippen molar-refractivity contribution in [2.45, 2.75) is 25.2 Å². The van der Waals surface area contributed by atoms with Gasteiger partial charge >= 0.3 is 0 Å². The van der Waals surface area contributed by atoms with Crippen molar-refractivity contribution in [1.82, 2.24) is 9.88 Å². The molecule has 6 heteroatoms. The highest BCUT2D eigenvalue weighted by Gasteiger charge is 2.43. The third kappa shape index (κ3) is 3.49. The highest BCUT2D eigenvalue weighted by atomic mass is 32.1. The summed E-state index contributed by atoms with van der Waals surface area (Å²) < 4.78 is 0. The van der Waals surface area contributed by atoms with Crippen molar-refractivity contribution in [3.8, 4) is 0 Å². The molecule has 25 heavy (non-hydrogen) atoms. The number of nitrogens with zero attached hydrogens (tertiary/aromatic N) is 2. The topological polar surface area (TPSA) is 62.3 Å². The van der Waals surface area contributed by atoms with E-state index in [-0.39, 0.29) is 11.8 Å². The standard InChI is InChI=1S/C19H21N3O2S/c1-3-17(23)22-11-9-19(10-12-22,15-7-5-4-6-8-15)18(24)21-16-13-20-14(2)25-16/h3-8,13H,1,9-12H2,2H3,(H,21,24). The molecule has 0 unspecified atom stereocenters. The lowest BCUT2D eigenvalue weighted by molar-refractivity contribution is -0.131. The highest BCUT2D eigenvalue weighted by Crippen LogP contribution is 2.37. The van der Waals surface area contributed by atoms with Crippen molar-refractivity contribution < 1.29 is 9.59 Å². The number of hydrogen-bond acceptors (Lipinski definition) is 4. The Morgan fingerprint density at radius 1 is 1.28 bits per heavy atom. The Morgan fingerprint density at radius 3 is 2.52 bits per heavy atom. The number of thiazole rings is 1. The second-order valence-electron chi connectivity index (χ2n) is 6.18. The fourth-order valence-electron chi connectivity index (χ4n) is 3.29. The van der Waals surface area contributed by atoms with E-state index in [9.17, 15) is 9.59 Å². The molecule has 0 saturated carbocycles. The van der Waals surface area contributed by atoms with Crippen LogP contribution >= 0.6 is 11.3 Å². The Bertz CT molecular complexity index is 777. The maximum Gasteiger partial charge on any atom is 0.245 e. The van der Waals surface area contributed by atoms with Gasteiger partial charge in [-0.05, 0) is 31.4 Å². The highest BCUT2D eigenvalue weighted by molar-refractivity contribution is 7.15. The van der Waals surface area contributed by atoms with E-state index in [2.05, 4.69) is 16.9 Å². The number of nitrogens with one attached hydrogen (secondary N) is 1. The molecule has 0 aliphatic carbocycles. The summed E-state index contributed by atoms with van der Waals surface area (Å²) in [6, 6.07) is 9.81. The van der Waals surface area contributed by atoms with Crippen molar-refractivity contribution >= 4 is 28.2 Å². The Balaban J connectivity index is 1.87. The van der Waals surface area contributed by atoms with E-state index in [1.165, 1.54) is 17.4 Å². The molecule has 130 valence electrons. The molecular formula is C19H21N3O2S. The Labute approximate surface area is 151 Å². The summed E-state index contributed by atoms with van der Waals surface area (Å²) in [4.78, 5) is 31.0. The summed E-state index contributed by atoms with van der Waals surface area (Å²) in [5.74, 6) is -0.117. The van der Waals surface area contributed by atoms with Crippen LogP contribution in [-0.2, 0) is 15.0 Å². The second-order valence-corrected chi connectivity index (χ2v) is 7.41. The predicted molar refractivity (Wildman–Crippen MR) is 99.6 cm³/mol. The van der Waals surface area contributed by atoms with E-state index < -0.39 is 5.41 Å². The van der Waals surface area contributed by atoms with Gasteiger partial charge in [-0.15, -0.1) is 11.3 Å². The van der Waals surface area contributed by atoms with Crippen LogP contribution in [0.25, 0.3) is 0 Å². The minimum Gasteiger partial charge on any atom is -0.339 e. The first-order valence-electron chi connectivity index (χ1n) is 8.26. The van der Waals surface area contributed by atoms with Gasteiger partial charge in [-0.25, -0.2) is 4.98 Å². The van der Waals surface area contributed by atoms with Crippen molar-refractivity contribution in [3.63, 3.8) is 0 Å². The van der Waals surface area contributed by atoms with Crippen LogP contribution in [0.1, 0.15) is 23.4 Å². The van der Waals surface area contributed by atoms with Gasteiger partial charge in [0.2, 0.25) is 11.8 Å². The SMILES string of the molecule is C=CC(=O)N1CCC(C(=O)Nc2cnc(C)s2)(c2ccccc2)CC1. The van der Waals surface area contributed by atoms with Crippen molar-refractivity contribution in [2.24, 2.45) is 0 Å². The third-order valence-corrected chi connectivity index (χ3v) is 5.55. The number of aryl methyl sites for hydroxylation is 1. The smallest absolute Gasteiger partial charge is 0.245 e. The summed E-state index contributed by atoms with van der Waals surface area (Å²) in [7, 11) is 0. The lowest BCUT2D eigenvalue weighted by atomic mass is 9.72. The molecule has 1 N–H and O–H groups in total. The van der Waals surface area contributed by atoms with Gasteiger partial charge in [0.25, 0.3) is 0 Å². The zero-order chi connectivity index (χ0) is 17.9. The summed E-state index contributed by atoms with van der Waals surface area (Å²) in [5, 5.41) is 4.69. The average Bonchev–Trinajstić information content (AvgIpc) is 3.06. The number of benzene rings is 1. The largest absolute Gasteiger partial charge is 0.339 e. The molecule has 0 spiro atoms. The molecule has 3 rings (SSSR count). The van der Waals surface area contributed by atoms with Gasteiger partial charge in [0.15, 0.2) is 0 Å². The third-order valence-electron chi connectivity index (χ3n) is 4.72. The van der Waals surface area contributed by atoms with Gasteiger partial charge < -0.3 is 10.2 Å². The first-order valence-corrected chi connectivity index (χ1v) is 9.07. The fraction of sp³-hybridized carbons (Fsp3) is 0.316. The number of amides is 2. The van der Waals surface area contributed by atoms with E-state index in [0.29, 0.717) is 25.9 Å². The van der Waals surface area contributed by atoms with Gasteiger partial charge in [-0.1, -0.05) is 36.9 Å². The van der Waals surface area contributed by atoms with Gasteiger partial charge in [-0.3, -0.25) is 9.59 Å². The molecule has 1 saturated heterocycles. The number of likely N-dealkylation sites (tertiary alicyclic amines) is 1. The molecule has 1 aliphatic rings. The van der Waals surface area contributed by atoms with E-state index in [1.54, 1.807) is 11.1 Å². The van der Waals surface area contributed by atoms with E-state index in [1.807, 2.05) is 37.3 Å². The molecule has 1 aliphatic heterocycles. The van der Waals surface area contributed by atoms with Crippen molar-refractivity contribution in [3.05, 3.63) is 59.8 Å². The zero-order valence-electron chi connectivity index (χ0n) is 14.2. The van der Waals surface area contributed by atoms with Crippen LogP contribution in [0.15, 0.2) is 49.2 Å². The summed E-state index contributed by atoms with van der Waals surface area (Å²) in [6.07, 6.45) is 4.18. The minimum absolute atomic E-state index is 0.0342. The average molecular weight is 355 g/mol. The molecule has 1 aromatic carbocycles. The van der Waals surface area contributed by atoms with E-state index in [4.69, 9.17) is 0 Å². The Morgan fingerprint density at radius 2 is 1.96 bits per heavy atom. The van der Waals surface area contributed by atoms with Crippen molar-refractivity contribution in [1.29, 1.82) is 0 Å². The number of hydrogen-bond donors (Lipinski definition) is 1. The molecule has 2 aromatic rings. The van der Waals surface area contributed by atoms with Crippen LogP contribution < -0.4 is 5.32 Å².